The number of urea groups is 1. The molecule has 0 saturated carbocycles. The molecule has 2 amide bonds. The van der Waals surface area contributed by atoms with E-state index in [9.17, 15) is 4.79 Å². The molecule has 2 saturated heterocycles. The first-order chi connectivity index (χ1) is 11.6. The highest BCUT2D eigenvalue weighted by Gasteiger charge is 2.40. The fraction of sp³-hybridized carbons (Fsp3) is 0.611. The fourth-order valence-corrected chi connectivity index (χ4v) is 3.24. The number of hydrogen-bond donors (Lipinski definition) is 1. The number of benzene rings is 1. The van der Waals surface area contributed by atoms with E-state index in [1.807, 2.05) is 43.0 Å². The molecule has 6 nitrogen and oxygen atoms in total. The fourth-order valence-electron chi connectivity index (χ4n) is 3.24. The zero-order valence-electron chi connectivity index (χ0n) is 14.4. The van der Waals surface area contributed by atoms with Gasteiger partial charge in [-0.25, -0.2) is 4.79 Å². The van der Waals surface area contributed by atoms with E-state index in [-0.39, 0.29) is 12.1 Å². The van der Waals surface area contributed by atoms with Crippen LogP contribution in [-0.2, 0) is 9.47 Å². The van der Waals surface area contributed by atoms with Crippen LogP contribution in [0.15, 0.2) is 24.3 Å². The number of ether oxygens (including phenoxy) is 3. The van der Waals surface area contributed by atoms with Crippen molar-refractivity contribution in [3.8, 4) is 5.75 Å². The summed E-state index contributed by atoms with van der Waals surface area (Å²) in [5.41, 5.74) is 1.03. The van der Waals surface area contributed by atoms with Crippen molar-refractivity contribution in [2.45, 2.75) is 38.5 Å². The van der Waals surface area contributed by atoms with Crippen LogP contribution in [0.2, 0.25) is 0 Å². The molecule has 2 aliphatic heterocycles. The molecule has 6 heteroatoms. The van der Waals surface area contributed by atoms with E-state index in [0.717, 1.165) is 24.2 Å². The maximum Gasteiger partial charge on any atom is 0.317 e. The van der Waals surface area contributed by atoms with E-state index in [4.69, 9.17) is 14.2 Å². The summed E-state index contributed by atoms with van der Waals surface area (Å²) in [5, 5.41) is 3.06. The van der Waals surface area contributed by atoms with Crippen LogP contribution in [0.1, 0.15) is 38.3 Å². The van der Waals surface area contributed by atoms with Gasteiger partial charge in [0.1, 0.15) is 5.75 Å². The van der Waals surface area contributed by atoms with Crippen molar-refractivity contribution in [1.82, 2.24) is 10.2 Å². The average Bonchev–Trinajstić information content (AvgIpc) is 3.04. The molecule has 1 aromatic rings. The van der Waals surface area contributed by atoms with Gasteiger partial charge in [-0.2, -0.15) is 0 Å². The van der Waals surface area contributed by atoms with Gasteiger partial charge in [-0.05, 0) is 31.5 Å². The Bertz CT molecular complexity index is 562. The van der Waals surface area contributed by atoms with Gasteiger partial charge in [0.2, 0.25) is 0 Å². The molecular weight excluding hydrogens is 308 g/mol. The molecular formula is C18H26N2O4. The summed E-state index contributed by atoms with van der Waals surface area (Å²) in [4.78, 5) is 14.3. The Balaban J connectivity index is 1.54. The molecule has 1 aromatic carbocycles. The van der Waals surface area contributed by atoms with Crippen LogP contribution in [0, 0.1) is 0 Å². The molecule has 132 valence electrons. The van der Waals surface area contributed by atoms with Gasteiger partial charge in [0.25, 0.3) is 0 Å². The van der Waals surface area contributed by atoms with Crippen molar-refractivity contribution >= 4 is 6.03 Å². The summed E-state index contributed by atoms with van der Waals surface area (Å²) in [6.45, 7) is 7.17. The van der Waals surface area contributed by atoms with E-state index < -0.39 is 5.79 Å². The third kappa shape index (κ3) is 3.82. The number of amides is 2. The zero-order chi connectivity index (χ0) is 17.0. The Kier molecular flexibility index (Phi) is 5.26. The van der Waals surface area contributed by atoms with E-state index in [0.29, 0.717) is 32.9 Å². The second-order valence-corrected chi connectivity index (χ2v) is 6.27. The number of nitrogens with zero attached hydrogens (tertiary/aromatic N) is 1. The Hall–Kier alpha value is -1.79. The first-order valence-corrected chi connectivity index (χ1v) is 8.68. The first-order valence-electron chi connectivity index (χ1n) is 8.68. The summed E-state index contributed by atoms with van der Waals surface area (Å²) in [5.74, 6) is 0.375. The highest BCUT2D eigenvalue weighted by Crippen LogP contribution is 2.31. The summed E-state index contributed by atoms with van der Waals surface area (Å²) in [7, 11) is 0. The Labute approximate surface area is 143 Å². The molecule has 1 spiro atoms. The lowest BCUT2D eigenvalue weighted by Crippen LogP contribution is -2.50. The molecule has 0 aromatic heterocycles. The predicted molar refractivity (Wildman–Crippen MR) is 90.0 cm³/mol. The van der Waals surface area contributed by atoms with Crippen molar-refractivity contribution < 1.29 is 19.0 Å². The zero-order valence-corrected chi connectivity index (χ0v) is 14.4. The monoisotopic (exact) mass is 334 g/mol. The van der Waals surface area contributed by atoms with Crippen LogP contribution in [0.5, 0.6) is 5.75 Å². The SMILES string of the molecule is CCOc1cccc([C@@H](C)NC(=O)N2CCC3(CC2)OCCO3)c1. The highest BCUT2D eigenvalue weighted by molar-refractivity contribution is 5.74. The van der Waals surface area contributed by atoms with Gasteiger partial charge in [-0.3, -0.25) is 0 Å². The van der Waals surface area contributed by atoms with E-state index in [1.54, 1.807) is 0 Å². The minimum atomic E-state index is -0.450. The van der Waals surface area contributed by atoms with Crippen molar-refractivity contribution in [3.05, 3.63) is 29.8 Å². The lowest BCUT2D eigenvalue weighted by Gasteiger charge is -2.37. The number of piperidine rings is 1. The Morgan fingerprint density at radius 3 is 2.71 bits per heavy atom. The van der Waals surface area contributed by atoms with Crippen LogP contribution in [0.25, 0.3) is 0 Å². The number of carbonyl (C=O) groups excluding carboxylic acids is 1. The third-order valence-corrected chi connectivity index (χ3v) is 4.64. The van der Waals surface area contributed by atoms with Crippen molar-refractivity contribution in [1.29, 1.82) is 0 Å². The molecule has 0 radical (unpaired) electrons. The van der Waals surface area contributed by atoms with Gasteiger partial charge >= 0.3 is 6.03 Å². The molecule has 2 heterocycles. The van der Waals surface area contributed by atoms with Crippen LogP contribution in [-0.4, -0.2) is 49.6 Å². The largest absolute Gasteiger partial charge is 0.494 e. The number of carbonyl (C=O) groups is 1. The maximum atomic E-state index is 12.5. The minimum absolute atomic E-state index is 0.0443. The lowest BCUT2D eigenvalue weighted by molar-refractivity contribution is -0.181. The molecule has 1 atom stereocenters. The minimum Gasteiger partial charge on any atom is -0.494 e. The molecule has 0 bridgehead atoms. The van der Waals surface area contributed by atoms with Gasteiger partial charge in [-0.15, -0.1) is 0 Å². The normalized spacial score (nSPS) is 20.8. The summed E-state index contributed by atoms with van der Waals surface area (Å²) < 4.78 is 16.9. The second kappa shape index (κ2) is 7.40. The quantitative estimate of drug-likeness (QED) is 0.920. The summed E-state index contributed by atoms with van der Waals surface area (Å²) in [6, 6.07) is 7.72. The predicted octanol–water partition coefficient (Wildman–Crippen LogP) is 2.69. The number of nitrogens with one attached hydrogen (secondary N) is 1. The van der Waals surface area contributed by atoms with E-state index in [1.165, 1.54) is 0 Å². The van der Waals surface area contributed by atoms with Crippen LogP contribution in [0.3, 0.4) is 0 Å². The van der Waals surface area contributed by atoms with Crippen molar-refractivity contribution in [3.63, 3.8) is 0 Å². The highest BCUT2D eigenvalue weighted by atomic mass is 16.7. The van der Waals surface area contributed by atoms with Crippen molar-refractivity contribution in [2.24, 2.45) is 0 Å². The van der Waals surface area contributed by atoms with E-state index in [2.05, 4.69) is 5.32 Å². The number of hydrogen-bond acceptors (Lipinski definition) is 4. The molecule has 1 N–H and O–H groups in total. The van der Waals surface area contributed by atoms with Gasteiger partial charge in [0.05, 0.1) is 25.9 Å². The van der Waals surface area contributed by atoms with E-state index >= 15 is 0 Å². The molecule has 0 aliphatic carbocycles. The molecule has 0 unspecified atom stereocenters. The molecule has 2 fully saturated rings. The number of rotatable bonds is 4. The van der Waals surface area contributed by atoms with Gasteiger partial charge < -0.3 is 24.4 Å². The molecule has 3 rings (SSSR count). The average molecular weight is 334 g/mol. The van der Waals surface area contributed by atoms with Crippen LogP contribution in [0.4, 0.5) is 4.79 Å². The summed E-state index contributed by atoms with van der Waals surface area (Å²) in [6.07, 6.45) is 1.46. The number of likely N-dealkylation sites (tertiary alicyclic amines) is 1. The summed E-state index contributed by atoms with van der Waals surface area (Å²) >= 11 is 0. The molecule has 24 heavy (non-hydrogen) atoms. The Morgan fingerprint density at radius 2 is 2.04 bits per heavy atom. The second-order valence-electron chi connectivity index (χ2n) is 6.27. The van der Waals surface area contributed by atoms with Gasteiger partial charge in [0.15, 0.2) is 5.79 Å². The third-order valence-electron chi connectivity index (χ3n) is 4.64. The van der Waals surface area contributed by atoms with Gasteiger partial charge in [-0.1, -0.05) is 12.1 Å². The lowest BCUT2D eigenvalue weighted by atomic mass is 10.0. The van der Waals surface area contributed by atoms with Crippen LogP contribution < -0.4 is 10.1 Å². The maximum absolute atomic E-state index is 12.5. The Morgan fingerprint density at radius 1 is 1.33 bits per heavy atom. The van der Waals surface area contributed by atoms with Crippen LogP contribution >= 0.6 is 0 Å². The van der Waals surface area contributed by atoms with Gasteiger partial charge in [0, 0.05) is 25.9 Å². The van der Waals surface area contributed by atoms with Crippen molar-refractivity contribution in [2.75, 3.05) is 32.9 Å². The first kappa shape index (κ1) is 17.0. The standard InChI is InChI=1S/C18H26N2O4/c1-3-22-16-6-4-5-15(13-16)14(2)19-17(21)20-9-7-18(8-10-20)23-11-12-24-18/h4-6,13-14H,3,7-12H2,1-2H3,(H,19,21)/t14-/m1/s1. The topological polar surface area (TPSA) is 60.0 Å². The molecule has 2 aliphatic rings. The smallest absolute Gasteiger partial charge is 0.317 e.